The van der Waals surface area contributed by atoms with Gasteiger partial charge in [0, 0.05) is 11.3 Å². The highest BCUT2D eigenvalue weighted by Crippen LogP contribution is 2.42. The molecule has 0 aromatic heterocycles. The van der Waals surface area contributed by atoms with Crippen LogP contribution < -0.4 is 4.90 Å². The van der Waals surface area contributed by atoms with Gasteiger partial charge in [-0.25, -0.2) is 0 Å². The number of Topliss-reactive ketones (excluding diaryl/α,β-unsaturated/α-hetero) is 1. The standard InChI is InChI=1S/C29H27NO5/c1-4-19-6-11-21(12-7-19)26-25(27(33)22-10-5-17(2)18(3)15-22)28(34)29(35)30(26)23-13-8-20(9-14-23)16-24(31)32/h5-15,26,33H,4,16H2,1-3H3,(H,31,32)/b27-25-. The van der Waals surface area contributed by atoms with Crippen molar-refractivity contribution in [1.29, 1.82) is 0 Å². The van der Waals surface area contributed by atoms with Crippen molar-refractivity contribution in [3.05, 3.63) is 106 Å². The average Bonchev–Trinajstić information content (AvgIpc) is 3.11. The molecule has 1 amide bonds. The van der Waals surface area contributed by atoms with Gasteiger partial charge < -0.3 is 10.2 Å². The average molecular weight is 470 g/mol. The fourth-order valence-electron chi connectivity index (χ4n) is 4.34. The highest BCUT2D eigenvalue weighted by molar-refractivity contribution is 6.51. The Morgan fingerprint density at radius 3 is 2.06 bits per heavy atom. The van der Waals surface area contributed by atoms with Crippen LogP contribution in [0, 0.1) is 13.8 Å². The second-order valence-electron chi connectivity index (χ2n) is 8.80. The van der Waals surface area contributed by atoms with Gasteiger partial charge in [0.2, 0.25) is 0 Å². The quantitative estimate of drug-likeness (QED) is 0.297. The van der Waals surface area contributed by atoms with Crippen molar-refractivity contribution in [3.63, 3.8) is 0 Å². The van der Waals surface area contributed by atoms with Crippen LogP contribution in [0.1, 0.15) is 46.3 Å². The first-order valence-corrected chi connectivity index (χ1v) is 11.5. The Morgan fingerprint density at radius 2 is 1.49 bits per heavy atom. The van der Waals surface area contributed by atoms with E-state index >= 15 is 0 Å². The normalized spacial score (nSPS) is 17.1. The topological polar surface area (TPSA) is 94.9 Å². The van der Waals surface area contributed by atoms with Crippen molar-refractivity contribution in [2.75, 3.05) is 4.90 Å². The number of rotatable bonds is 6. The van der Waals surface area contributed by atoms with Gasteiger partial charge in [0.15, 0.2) is 0 Å². The lowest BCUT2D eigenvalue weighted by Crippen LogP contribution is -2.29. The van der Waals surface area contributed by atoms with E-state index in [0.717, 1.165) is 23.1 Å². The zero-order valence-electron chi connectivity index (χ0n) is 19.9. The summed E-state index contributed by atoms with van der Waals surface area (Å²) in [4.78, 5) is 39.0. The summed E-state index contributed by atoms with van der Waals surface area (Å²) in [6, 6.07) is 18.7. The SMILES string of the molecule is CCc1ccc(C2/C(=C(/O)c3ccc(C)c(C)c3)C(=O)C(=O)N2c2ccc(CC(=O)O)cc2)cc1. The van der Waals surface area contributed by atoms with Gasteiger partial charge in [-0.3, -0.25) is 19.3 Å². The molecule has 35 heavy (non-hydrogen) atoms. The van der Waals surface area contributed by atoms with Gasteiger partial charge in [0.25, 0.3) is 11.7 Å². The number of aliphatic hydroxyl groups is 1. The van der Waals surface area contributed by atoms with E-state index in [9.17, 15) is 19.5 Å². The van der Waals surface area contributed by atoms with E-state index in [0.29, 0.717) is 22.4 Å². The summed E-state index contributed by atoms with van der Waals surface area (Å²) in [6.07, 6.45) is 0.696. The number of hydrogen-bond acceptors (Lipinski definition) is 4. The molecule has 3 aromatic rings. The zero-order chi connectivity index (χ0) is 25.3. The van der Waals surface area contributed by atoms with Crippen LogP contribution in [0.4, 0.5) is 5.69 Å². The molecule has 4 rings (SSSR count). The summed E-state index contributed by atoms with van der Waals surface area (Å²) in [5.41, 5.74) is 5.34. The van der Waals surface area contributed by atoms with Crippen molar-refractivity contribution < 1.29 is 24.6 Å². The number of carbonyl (C=O) groups excluding carboxylic acids is 2. The molecular formula is C29H27NO5. The van der Waals surface area contributed by atoms with E-state index in [1.807, 2.05) is 51.1 Å². The molecule has 0 spiro atoms. The smallest absolute Gasteiger partial charge is 0.307 e. The minimum absolute atomic E-state index is 0.0251. The lowest BCUT2D eigenvalue weighted by molar-refractivity contribution is -0.136. The fraction of sp³-hybridized carbons (Fsp3) is 0.207. The van der Waals surface area contributed by atoms with E-state index in [2.05, 4.69) is 0 Å². The minimum Gasteiger partial charge on any atom is -0.507 e. The Balaban J connectivity index is 1.88. The van der Waals surface area contributed by atoms with Crippen LogP contribution in [0.3, 0.4) is 0 Å². The second-order valence-corrected chi connectivity index (χ2v) is 8.80. The number of aliphatic hydroxyl groups excluding tert-OH is 1. The van der Waals surface area contributed by atoms with E-state index in [1.165, 1.54) is 4.90 Å². The molecule has 1 saturated heterocycles. The molecule has 1 aliphatic heterocycles. The molecule has 6 nitrogen and oxygen atoms in total. The number of amides is 1. The maximum atomic E-state index is 13.3. The Labute approximate surface area is 204 Å². The molecule has 0 bridgehead atoms. The van der Waals surface area contributed by atoms with E-state index < -0.39 is 23.7 Å². The summed E-state index contributed by atoms with van der Waals surface area (Å²) >= 11 is 0. The molecule has 1 heterocycles. The maximum absolute atomic E-state index is 13.3. The van der Waals surface area contributed by atoms with Crippen LogP contribution in [0.25, 0.3) is 5.76 Å². The number of carbonyl (C=O) groups is 3. The van der Waals surface area contributed by atoms with Crippen LogP contribution in [0.2, 0.25) is 0 Å². The van der Waals surface area contributed by atoms with Crippen molar-refractivity contribution in [2.45, 2.75) is 39.7 Å². The van der Waals surface area contributed by atoms with Crippen LogP contribution in [-0.4, -0.2) is 27.9 Å². The number of nitrogens with zero attached hydrogens (tertiary/aromatic N) is 1. The summed E-state index contributed by atoms with van der Waals surface area (Å²) in [5.74, 6) is -2.69. The monoisotopic (exact) mass is 469 g/mol. The van der Waals surface area contributed by atoms with Gasteiger partial charge in [-0.05, 0) is 66.3 Å². The van der Waals surface area contributed by atoms with E-state index in [-0.39, 0.29) is 17.8 Å². The Bertz CT molecular complexity index is 1340. The number of anilines is 1. The molecule has 1 atom stereocenters. The molecule has 3 aromatic carbocycles. The third kappa shape index (κ3) is 4.60. The van der Waals surface area contributed by atoms with Gasteiger partial charge in [-0.1, -0.05) is 55.5 Å². The van der Waals surface area contributed by atoms with Crippen molar-refractivity contribution in [3.8, 4) is 0 Å². The first-order valence-electron chi connectivity index (χ1n) is 11.5. The number of aryl methyl sites for hydroxylation is 3. The summed E-state index contributed by atoms with van der Waals surface area (Å²) in [7, 11) is 0. The maximum Gasteiger partial charge on any atom is 0.307 e. The molecule has 178 valence electrons. The molecule has 2 N–H and O–H groups in total. The van der Waals surface area contributed by atoms with Gasteiger partial charge in [0.1, 0.15) is 5.76 Å². The number of ketones is 1. The molecule has 1 unspecified atom stereocenters. The molecular weight excluding hydrogens is 442 g/mol. The lowest BCUT2D eigenvalue weighted by Gasteiger charge is -2.26. The Hall–Kier alpha value is -4.19. The minimum atomic E-state index is -0.956. The Kier molecular flexibility index (Phi) is 6.56. The summed E-state index contributed by atoms with van der Waals surface area (Å²) in [6.45, 7) is 5.92. The van der Waals surface area contributed by atoms with Gasteiger partial charge in [-0.2, -0.15) is 0 Å². The fourth-order valence-corrected chi connectivity index (χ4v) is 4.34. The number of carboxylic acids is 1. The summed E-state index contributed by atoms with van der Waals surface area (Å²) in [5, 5.41) is 20.3. The highest BCUT2D eigenvalue weighted by Gasteiger charge is 2.47. The molecule has 0 radical (unpaired) electrons. The van der Waals surface area contributed by atoms with Gasteiger partial charge in [0.05, 0.1) is 18.0 Å². The highest BCUT2D eigenvalue weighted by atomic mass is 16.4. The Morgan fingerprint density at radius 1 is 0.857 bits per heavy atom. The van der Waals surface area contributed by atoms with Crippen LogP contribution >= 0.6 is 0 Å². The van der Waals surface area contributed by atoms with Crippen LogP contribution in [0.15, 0.2) is 72.3 Å². The van der Waals surface area contributed by atoms with Crippen molar-refractivity contribution in [2.24, 2.45) is 0 Å². The van der Waals surface area contributed by atoms with Crippen LogP contribution in [0.5, 0.6) is 0 Å². The third-order valence-corrected chi connectivity index (χ3v) is 6.50. The third-order valence-electron chi connectivity index (χ3n) is 6.50. The summed E-state index contributed by atoms with van der Waals surface area (Å²) < 4.78 is 0. The first kappa shape index (κ1) is 24.0. The zero-order valence-corrected chi connectivity index (χ0v) is 19.9. The molecule has 0 aliphatic carbocycles. The predicted octanol–water partition coefficient (Wildman–Crippen LogP) is 5.12. The van der Waals surface area contributed by atoms with Gasteiger partial charge in [-0.15, -0.1) is 0 Å². The first-order chi connectivity index (χ1) is 16.7. The molecule has 1 fully saturated rings. The molecule has 0 saturated carbocycles. The van der Waals surface area contributed by atoms with Crippen molar-refractivity contribution >= 4 is 29.1 Å². The second kappa shape index (κ2) is 9.58. The van der Waals surface area contributed by atoms with E-state index in [4.69, 9.17) is 5.11 Å². The number of carboxylic acid groups (broad SMARTS) is 1. The van der Waals surface area contributed by atoms with Crippen molar-refractivity contribution in [1.82, 2.24) is 0 Å². The lowest BCUT2D eigenvalue weighted by atomic mass is 9.93. The molecule has 1 aliphatic rings. The largest absolute Gasteiger partial charge is 0.507 e. The predicted molar refractivity (Wildman–Crippen MR) is 134 cm³/mol. The number of hydrogen-bond donors (Lipinski definition) is 2. The van der Waals surface area contributed by atoms with Gasteiger partial charge >= 0.3 is 5.97 Å². The molecule has 6 heteroatoms. The van der Waals surface area contributed by atoms with Crippen LogP contribution in [-0.2, 0) is 27.2 Å². The number of aliphatic carboxylic acids is 1. The number of benzene rings is 3. The van der Waals surface area contributed by atoms with E-state index in [1.54, 1.807) is 36.4 Å².